The Morgan fingerprint density at radius 2 is 2.07 bits per heavy atom. The Balaban J connectivity index is 2.31. The van der Waals surface area contributed by atoms with Gasteiger partial charge in [0.25, 0.3) is 0 Å². The van der Waals surface area contributed by atoms with Crippen molar-refractivity contribution in [1.29, 1.82) is 0 Å². The third-order valence-corrected chi connectivity index (χ3v) is 2.92. The smallest absolute Gasteiger partial charge is 0.303 e. The molecule has 1 atom stereocenters. The zero-order valence-electron chi connectivity index (χ0n) is 10.1. The minimum Gasteiger partial charge on any atom is -0.481 e. The minimum absolute atomic E-state index is 0.322. The van der Waals surface area contributed by atoms with E-state index >= 15 is 0 Å². The lowest BCUT2D eigenvalue weighted by Crippen LogP contribution is -2.47. The monoisotopic (exact) mass is 213 g/mol. The first-order chi connectivity index (χ1) is 6.97. The van der Waals surface area contributed by atoms with E-state index in [0.29, 0.717) is 18.3 Å². The van der Waals surface area contributed by atoms with E-state index in [9.17, 15) is 4.79 Å². The first-order valence-corrected chi connectivity index (χ1v) is 5.91. The summed E-state index contributed by atoms with van der Waals surface area (Å²) in [5.41, 5.74) is 0. The quantitative estimate of drug-likeness (QED) is 0.734. The van der Waals surface area contributed by atoms with E-state index < -0.39 is 5.97 Å². The summed E-state index contributed by atoms with van der Waals surface area (Å²) in [5, 5.41) is 8.83. The van der Waals surface area contributed by atoms with Crippen LogP contribution < -0.4 is 0 Å². The van der Waals surface area contributed by atoms with Crippen LogP contribution in [0.3, 0.4) is 0 Å². The Morgan fingerprint density at radius 3 is 2.47 bits per heavy atom. The van der Waals surface area contributed by atoms with Crippen LogP contribution in [-0.2, 0) is 4.79 Å². The summed E-state index contributed by atoms with van der Waals surface area (Å²) in [4.78, 5) is 13.1. The maximum Gasteiger partial charge on any atom is 0.303 e. The largest absolute Gasteiger partial charge is 0.481 e. The van der Waals surface area contributed by atoms with Gasteiger partial charge in [0.15, 0.2) is 0 Å². The number of aliphatic carboxylic acids is 1. The molecule has 0 aromatic carbocycles. The van der Waals surface area contributed by atoms with Crippen molar-refractivity contribution in [2.75, 3.05) is 19.6 Å². The van der Waals surface area contributed by atoms with Crippen molar-refractivity contribution in [2.24, 2.45) is 17.8 Å². The molecule has 0 spiro atoms. The molecule has 0 radical (unpaired) electrons. The summed E-state index contributed by atoms with van der Waals surface area (Å²) < 4.78 is 0. The fourth-order valence-corrected chi connectivity index (χ4v) is 2.48. The number of likely N-dealkylation sites (tertiary alicyclic amines) is 1. The minimum atomic E-state index is -0.658. The molecule has 1 fully saturated rings. The van der Waals surface area contributed by atoms with Crippen LogP contribution in [-0.4, -0.2) is 35.6 Å². The van der Waals surface area contributed by atoms with Gasteiger partial charge in [0.2, 0.25) is 0 Å². The maximum atomic E-state index is 10.7. The molecular weight excluding hydrogens is 190 g/mol. The molecular formula is C12H23NO2. The summed E-state index contributed by atoms with van der Waals surface area (Å²) in [6.45, 7) is 9.82. The van der Waals surface area contributed by atoms with Crippen LogP contribution in [0.2, 0.25) is 0 Å². The predicted octanol–water partition coefficient (Wildman–Crippen LogP) is 2.08. The van der Waals surface area contributed by atoms with Crippen molar-refractivity contribution in [3.63, 3.8) is 0 Å². The molecule has 1 saturated heterocycles. The van der Waals surface area contributed by atoms with Gasteiger partial charge >= 0.3 is 5.97 Å². The van der Waals surface area contributed by atoms with Gasteiger partial charge in [-0.05, 0) is 24.2 Å². The van der Waals surface area contributed by atoms with Crippen LogP contribution in [0.15, 0.2) is 0 Å². The number of carboxylic acids is 1. The second kappa shape index (κ2) is 5.50. The molecule has 0 bridgehead atoms. The van der Waals surface area contributed by atoms with Gasteiger partial charge in [-0.15, -0.1) is 0 Å². The highest BCUT2D eigenvalue weighted by Gasteiger charge is 2.26. The van der Waals surface area contributed by atoms with Crippen molar-refractivity contribution in [2.45, 2.75) is 33.6 Å². The number of hydrogen-bond donors (Lipinski definition) is 1. The van der Waals surface area contributed by atoms with E-state index in [1.54, 1.807) is 0 Å². The molecule has 1 aliphatic heterocycles. The number of nitrogens with zero attached hydrogens (tertiary/aromatic N) is 1. The summed E-state index contributed by atoms with van der Waals surface area (Å²) in [6.07, 6.45) is 1.35. The lowest BCUT2D eigenvalue weighted by molar-refractivity contribution is -0.138. The third-order valence-electron chi connectivity index (χ3n) is 2.92. The van der Waals surface area contributed by atoms with Gasteiger partial charge < -0.3 is 10.0 Å². The molecule has 0 saturated carbocycles. The van der Waals surface area contributed by atoms with Crippen molar-refractivity contribution < 1.29 is 9.90 Å². The molecule has 0 aromatic rings. The van der Waals surface area contributed by atoms with E-state index in [-0.39, 0.29) is 0 Å². The van der Waals surface area contributed by atoms with Crippen LogP contribution in [0.4, 0.5) is 0 Å². The lowest BCUT2D eigenvalue weighted by Gasteiger charge is -2.39. The van der Waals surface area contributed by atoms with Gasteiger partial charge in [-0.3, -0.25) is 4.79 Å². The molecule has 3 nitrogen and oxygen atoms in total. The predicted molar refractivity (Wildman–Crippen MR) is 60.8 cm³/mol. The first kappa shape index (κ1) is 12.5. The Hall–Kier alpha value is -0.570. The van der Waals surface area contributed by atoms with E-state index in [1.165, 1.54) is 0 Å². The van der Waals surface area contributed by atoms with Crippen LogP contribution in [0.5, 0.6) is 0 Å². The Bertz CT molecular complexity index is 210. The second-order valence-corrected chi connectivity index (χ2v) is 5.42. The maximum absolute atomic E-state index is 10.7. The van der Waals surface area contributed by atoms with E-state index in [1.807, 2.05) is 0 Å². The van der Waals surface area contributed by atoms with Crippen molar-refractivity contribution in [3.05, 3.63) is 0 Å². The molecule has 0 amide bonds. The summed E-state index contributed by atoms with van der Waals surface area (Å²) in [7, 11) is 0. The SMILES string of the molecule is CC(C)CC(CC(=O)O)CN1CC(C)C1. The average Bonchev–Trinajstić information content (AvgIpc) is 1.98. The van der Waals surface area contributed by atoms with E-state index in [0.717, 1.165) is 32.0 Å². The van der Waals surface area contributed by atoms with Crippen LogP contribution in [0.25, 0.3) is 0 Å². The fraction of sp³-hybridized carbons (Fsp3) is 0.917. The standard InChI is InChI=1S/C12H23NO2/c1-9(2)4-11(5-12(14)15)8-13-6-10(3)7-13/h9-11H,4-8H2,1-3H3,(H,14,15). The highest BCUT2D eigenvalue weighted by molar-refractivity contribution is 5.67. The van der Waals surface area contributed by atoms with Gasteiger partial charge in [-0.25, -0.2) is 0 Å². The zero-order chi connectivity index (χ0) is 11.4. The molecule has 3 heteroatoms. The molecule has 88 valence electrons. The zero-order valence-corrected chi connectivity index (χ0v) is 10.1. The summed E-state index contributed by atoms with van der Waals surface area (Å²) >= 11 is 0. The lowest BCUT2D eigenvalue weighted by atomic mass is 9.91. The molecule has 0 aromatic heterocycles. The van der Waals surface area contributed by atoms with Crippen LogP contribution in [0, 0.1) is 17.8 Å². The summed E-state index contributed by atoms with van der Waals surface area (Å²) in [6, 6.07) is 0. The highest BCUT2D eigenvalue weighted by Crippen LogP contribution is 2.22. The number of carboxylic acid groups (broad SMARTS) is 1. The van der Waals surface area contributed by atoms with Gasteiger partial charge in [-0.2, -0.15) is 0 Å². The Morgan fingerprint density at radius 1 is 1.47 bits per heavy atom. The van der Waals surface area contributed by atoms with Crippen molar-refractivity contribution in [1.82, 2.24) is 4.90 Å². The number of rotatable bonds is 6. The highest BCUT2D eigenvalue weighted by atomic mass is 16.4. The molecule has 1 aliphatic rings. The molecule has 1 heterocycles. The third kappa shape index (κ3) is 4.65. The molecule has 1 rings (SSSR count). The number of carbonyl (C=O) groups is 1. The first-order valence-electron chi connectivity index (χ1n) is 5.91. The molecule has 15 heavy (non-hydrogen) atoms. The fourth-order valence-electron chi connectivity index (χ4n) is 2.48. The Kier molecular flexibility index (Phi) is 4.58. The van der Waals surface area contributed by atoms with Gasteiger partial charge in [0, 0.05) is 26.1 Å². The molecule has 1 unspecified atom stereocenters. The molecule has 1 N–H and O–H groups in total. The number of hydrogen-bond acceptors (Lipinski definition) is 2. The van der Waals surface area contributed by atoms with Crippen molar-refractivity contribution in [3.8, 4) is 0 Å². The average molecular weight is 213 g/mol. The van der Waals surface area contributed by atoms with E-state index in [4.69, 9.17) is 5.11 Å². The topological polar surface area (TPSA) is 40.5 Å². The Labute approximate surface area is 92.5 Å². The van der Waals surface area contributed by atoms with Crippen LogP contribution >= 0.6 is 0 Å². The van der Waals surface area contributed by atoms with Crippen molar-refractivity contribution >= 4 is 5.97 Å². The van der Waals surface area contributed by atoms with Crippen LogP contribution in [0.1, 0.15) is 33.6 Å². The molecule has 0 aliphatic carbocycles. The van der Waals surface area contributed by atoms with Gasteiger partial charge in [-0.1, -0.05) is 20.8 Å². The summed E-state index contributed by atoms with van der Waals surface area (Å²) in [5.74, 6) is 1.06. The second-order valence-electron chi connectivity index (χ2n) is 5.42. The van der Waals surface area contributed by atoms with E-state index in [2.05, 4.69) is 25.7 Å². The van der Waals surface area contributed by atoms with Gasteiger partial charge in [0.1, 0.15) is 0 Å². The van der Waals surface area contributed by atoms with Gasteiger partial charge in [0.05, 0.1) is 0 Å². The normalized spacial score (nSPS) is 20.3.